The van der Waals surface area contributed by atoms with Gasteiger partial charge < -0.3 is 5.73 Å². The summed E-state index contributed by atoms with van der Waals surface area (Å²) in [5, 5.41) is -0.672. The maximum absolute atomic E-state index is 11.0. The quantitative estimate of drug-likeness (QED) is 0.484. The average molecular weight is 232 g/mol. The van der Waals surface area contributed by atoms with Crippen molar-refractivity contribution in [3.05, 3.63) is 28.3 Å². The number of anilines is 1. The van der Waals surface area contributed by atoms with Gasteiger partial charge in [0.05, 0.1) is 16.3 Å². The summed E-state index contributed by atoms with van der Waals surface area (Å²) in [5.41, 5.74) is 6.04. The van der Waals surface area contributed by atoms with Crippen LogP contribution in [0.4, 0.5) is 5.69 Å². The fraction of sp³-hybridized carbons (Fsp3) is 0.111. The van der Waals surface area contributed by atoms with E-state index in [9.17, 15) is 9.59 Å². The van der Waals surface area contributed by atoms with E-state index in [1.807, 2.05) is 0 Å². The molecule has 0 radical (unpaired) electrons. The summed E-state index contributed by atoms with van der Waals surface area (Å²) in [5.74, 6) is -0.210. The van der Waals surface area contributed by atoms with Gasteiger partial charge in [0, 0.05) is 5.56 Å². The Bertz CT molecular complexity index is 377. The van der Waals surface area contributed by atoms with E-state index in [1.54, 1.807) is 0 Å². The third-order valence-corrected chi connectivity index (χ3v) is 2.38. The summed E-state index contributed by atoms with van der Waals surface area (Å²) in [7, 11) is 0. The number of benzene rings is 1. The summed E-state index contributed by atoms with van der Waals surface area (Å²) in [6.45, 7) is 1.37. The Kier molecular flexibility index (Phi) is 3.13. The van der Waals surface area contributed by atoms with Gasteiger partial charge in [-0.15, -0.1) is 0 Å². The largest absolute Gasteiger partial charge is 0.397 e. The van der Waals surface area contributed by atoms with Crippen LogP contribution in [0.5, 0.6) is 0 Å². The Balaban J connectivity index is 3.41. The van der Waals surface area contributed by atoms with Crippen molar-refractivity contribution in [2.75, 3.05) is 5.73 Å². The fourth-order valence-corrected chi connectivity index (χ4v) is 1.51. The van der Waals surface area contributed by atoms with E-state index in [0.717, 1.165) is 0 Å². The van der Waals surface area contributed by atoms with E-state index in [0.29, 0.717) is 0 Å². The highest BCUT2D eigenvalue weighted by atomic mass is 35.5. The van der Waals surface area contributed by atoms with Crippen molar-refractivity contribution in [2.24, 2.45) is 0 Å². The van der Waals surface area contributed by atoms with E-state index >= 15 is 0 Å². The fourth-order valence-electron chi connectivity index (χ4n) is 1.05. The molecule has 0 aromatic heterocycles. The first kappa shape index (κ1) is 11.0. The number of carbonyl (C=O) groups excluding carboxylic acids is 2. The molecule has 74 valence electrons. The highest BCUT2D eigenvalue weighted by Gasteiger charge is 2.15. The van der Waals surface area contributed by atoms with Gasteiger partial charge in [-0.2, -0.15) is 0 Å². The van der Waals surface area contributed by atoms with Crippen LogP contribution in [0.2, 0.25) is 5.02 Å². The minimum atomic E-state index is -0.697. The predicted molar refractivity (Wildman–Crippen MR) is 56.1 cm³/mol. The third-order valence-electron chi connectivity index (χ3n) is 1.77. The minimum absolute atomic E-state index is 0.0256. The molecule has 0 aliphatic carbocycles. The van der Waals surface area contributed by atoms with Gasteiger partial charge in [0.25, 0.3) is 5.24 Å². The molecular formula is C9H7Cl2NO2. The molecule has 1 aromatic carbocycles. The van der Waals surface area contributed by atoms with Crippen LogP contribution in [-0.2, 0) is 0 Å². The second-order valence-corrected chi connectivity index (χ2v) is 3.44. The number of rotatable bonds is 2. The van der Waals surface area contributed by atoms with Gasteiger partial charge in [0.15, 0.2) is 5.78 Å². The number of hydrogen-bond acceptors (Lipinski definition) is 3. The molecule has 0 amide bonds. The van der Waals surface area contributed by atoms with Gasteiger partial charge in [0.2, 0.25) is 0 Å². The van der Waals surface area contributed by atoms with Crippen molar-refractivity contribution in [3.63, 3.8) is 0 Å². The molecule has 3 nitrogen and oxygen atoms in total. The van der Waals surface area contributed by atoms with Gasteiger partial charge in [-0.3, -0.25) is 9.59 Å². The summed E-state index contributed by atoms with van der Waals surface area (Å²) >= 11 is 11.0. The van der Waals surface area contributed by atoms with Crippen molar-refractivity contribution in [3.8, 4) is 0 Å². The molecule has 0 aliphatic rings. The highest BCUT2D eigenvalue weighted by Crippen LogP contribution is 2.28. The van der Waals surface area contributed by atoms with Crippen LogP contribution in [0.15, 0.2) is 12.1 Å². The van der Waals surface area contributed by atoms with Crippen molar-refractivity contribution < 1.29 is 9.59 Å². The lowest BCUT2D eigenvalue weighted by atomic mass is 10.1. The van der Waals surface area contributed by atoms with E-state index in [-0.39, 0.29) is 27.6 Å². The third kappa shape index (κ3) is 1.89. The Morgan fingerprint density at radius 3 is 2.21 bits per heavy atom. The molecule has 0 saturated carbocycles. The Morgan fingerprint density at radius 1 is 1.29 bits per heavy atom. The Labute approximate surface area is 90.8 Å². The van der Waals surface area contributed by atoms with Gasteiger partial charge in [-0.1, -0.05) is 11.6 Å². The van der Waals surface area contributed by atoms with Gasteiger partial charge in [-0.25, -0.2) is 0 Å². The first-order valence-corrected chi connectivity index (χ1v) is 4.49. The molecule has 14 heavy (non-hydrogen) atoms. The van der Waals surface area contributed by atoms with E-state index in [4.69, 9.17) is 28.9 Å². The number of ketones is 1. The topological polar surface area (TPSA) is 60.2 Å². The van der Waals surface area contributed by atoms with Crippen molar-refractivity contribution in [2.45, 2.75) is 6.92 Å². The Hall–Kier alpha value is -1.06. The van der Waals surface area contributed by atoms with E-state index < -0.39 is 5.24 Å². The first-order valence-electron chi connectivity index (χ1n) is 3.74. The molecule has 0 saturated heterocycles. The SMILES string of the molecule is CC(=O)c1ccc(C(=O)Cl)c(Cl)c1N. The summed E-state index contributed by atoms with van der Waals surface area (Å²) in [6, 6.07) is 2.81. The van der Waals surface area contributed by atoms with Crippen LogP contribution in [0, 0.1) is 0 Å². The summed E-state index contributed by atoms with van der Waals surface area (Å²) < 4.78 is 0. The summed E-state index contributed by atoms with van der Waals surface area (Å²) in [4.78, 5) is 21.9. The predicted octanol–water partition coefficient (Wildman–Crippen LogP) is 2.50. The molecule has 0 bridgehead atoms. The van der Waals surface area contributed by atoms with Gasteiger partial charge in [0.1, 0.15) is 0 Å². The zero-order chi connectivity index (χ0) is 10.9. The normalized spacial score (nSPS) is 9.93. The van der Waals surface area contributed by atoms with E-state index in [2.05, 4.69) is 0 Å². The monoisotopic (exact) mass is 231 g/mol. The van der Waals surface area contributed by atoms with E-state index in [1.165, 1.54) is 19.1 Å². The van der Waals surface area contributed by atoms with Crippen LogP contribution < -0.4 is 5.73 Å². The average Bonchev–Trinajstić information content (AvgIpc) is 2.08. The molecule has 0 heterocycles. The van der Waals surface area contributed by atoms with Crippen molar-refractivity contribution >= 4 is 39.9 Å². The highest BCUT2D eigenvalue weighted by molar-refractivity contribution is 6.69. The summed E-state index contributed by atoms with van der Waals surface area (Å²) in [6.07, 6.45) is 0. The van der Waals surface area contributed by atoms with Crippen LogP contribution in [0.3, 0.4) is 0 Å². The van der Waals surface area contributed by atoms with Crippen LogP contribution in [-0.4, -0.2) is 11.0 Å². The maximum atomic E-state index is 11.0. The van der Waals surface area contributed by atoms with Crippen LogP contribution in [0.1, 0.15) is 27.6 Å². The number of Topliss-reactive ketones (excluding diaryl/α,β-unsaturated/α-hetero) is 1. The molecule has 0 spiro atoms. The molecule has 0 unspecified atom stereocenters. The van der Waals surface area contributed by atoms with Crippen LogP contribution in [0.25, 0.3) is 0 Å². The number of nitrogens with two attached hydrogens (primary N) is 1. The zero-order valence-corrected chi connectivity index (χ0v) is 8.82. The molecule has 5 heteroatoms. The molecule has 1 aromatic rings. The first-order chi connectivity index (χ1) is 6.45. The molecule has 0 fully saturated rings. The molecule has 2 N–H and O–H groups in total. The van der Waals surface area contributed by atoms with Gasteiger partial charge >= 0.3 is 0 Å². The number of hydrogen-bond donors (Lipinski definition) is 1. The second kappa shape index (κ2) is 3.98. The minimum Gasteiger partial charge on any atom is -0.397 e. The number of halogens is 2. The standard InChI is InChI=1S/C9H7Cl2NO2/c1-4(13)5-2-3-6(9(11)14)7(10)8(5)12/h2-3H,12H2,1H3. The number of carbonyl (C=O) groups is 2. The number of nitrogen functional groups attached to an aromatic ring is 1. The van der Waals surface area contributed by atoms with Crippen molar-refractivity contribution in [1.82, 2.24) is 0 Å². The molecule has 0 atom stereocenters. The molecule has 0 aliphatic heterocycles. The smallest absolute Gasteiger partial charge is 0.253 e. The zero-order valence-electron chi connectivity index (χ0n) is 7.30. The van der Waals surface area contributed by atoms with Crippen molar-refractivity contribution in [1.29, 1.82) is 0 Å². The lowest BCUT2D eigenvalue weighted by molar-refractivity contribution is 0.101. The molecular weight excluding hydrogens is 225 g/mol. The Morgan fingerprint density at radius 2 is 1.79 bits per heavy atom. The lowest BCUT2D eigenvalue weighted by Crippen LogP contribution is -2.03. The lowest BCUT2D eigenvalue weighted by Gasteiger charge is -2.06. The second-order valence-electron chi connectivity index (χ2n) is 2.72. The molecule has 1 rings (SSSR count). The van der Waals surface area contributed by atoms with Gasteiger partial charge in [-0.05, 0) is 30.7 Å². The maximum Gasteiger partial charge on any atom is 0.253 e. The van der Waals surface area contributed by atoms with Crippen LogP contribution >= 0.6 is 23.2 Å².